The summed E-state index contributed by atoms with van der Waals surface area (Å²) in [7, 11) is 1.35. The van der Waals surface area contributed by atoms with Gasteiger partial charge in [-0.15, -0.1) is 0 Å². The number of carbonyl (C=O) groups is 1. The Labute approximate surface area is 170 Å². The first-order valence-corrected chi connectivity index (χ1v) is 9.66. The summed E-state index contributed by atoms with van der Waals surface area (Å²) in [5.41, 5.74) is -0.0473. The number of aromatic nitrogens is 2. The fraction of sp³-hybridized carbons (Fsp3) is 0.450. The van der Waals surface area contributed by atoms with E-state index >= 15 is 0 Å². The number of rotatable bonds is 3. The largest absolute Gasteiger partial charge is 0.378 e. The smallest absolute Gasteiger partial charge is 0.291 e. The van der Waals surface area contributed by atoms with Crippen molar-refractivity contribution in [1.29, 1.82) is 0 Å². The highest BCUT2D eigenvalue weighted by Gasteiger charge is 2.33. The van der Waals surface area contributed by atoms with Gasteiger partial charge in [-0.25, -0.2) is 13.8 Å². The maximum Gasteiger partial charge on any atom is 0.291 e. The molecule has 0 aliphatic carbocycles. The number of morpholine rings is 1. The van der Waals surface area contributed by atoms with Crippen LogP contribution in [-0.2, 0) is 29.4 Å². The van der Waals surface area contributed by atoms with Crippen LogP contribution >= 0.6 is 0 Å². The minimum atomic E-state index is -1.04. The van der Waals surface area contributed by atoms with Crippen LogP contribution in [0.5, 0.6) is 0 Å². The Morgan fingerprint density at radius 2 is 1.87 bits per heavy atom. The average molecular weight is 422 g/mol. The third kappa shape index (κ3) is 3.45. The average Bonchev–Trinajstić information content (AvgIpc) is 3.04. The van der Waals surface area contributed by atoms with Crippen molar-refractivity contribution in [2.24, 2.45) is 7.05 Å². The molecule has 0 saturated carbocycles. The van der Waals surface area contributed by atoms with Gasteiger partial charge in [-0.1, -0.05) is 0 Å². The van der Waals surface area contributed by atoms with E-state index < -0.39 is 28.9 Å². The van der Waals surface area contributed by atoms with Gasteiger partial charge in [0.2, 0.25) is 11.7 Å². The molecule has 1 aromatic heterocycles. The summed E-state index contributed by atoms with van der Waals surface area (Å²) in [6, 6.07) is 1.78. The summed E-state index contributed by atoms with van der Waals surface area (Å²) in [5.74, 6) is -3.43. The number of hydrogen-bond donors (Lipinski definition) is 0. The molecule has 0 N–H and O–H groups in total. The molecule has 1 amide bonds. The van der Waals surface area contributed by atoms with Crippen LogP contribution in [0.25, 0.3) is 0 Å². The van der Waals surface area contributed by atoms with E-state index in [4.69, 9.17) is 4.74 Å². The lowest BCUT2D eigenvalue weighted by molar-refractivity contribution is -0.118. The van der Waals surface area contributed by atoms with Crippen molar-refractivity contribution in [2.45, 2.75) is 25.8 Å². The summed E-state index contributed by atoms with van der Waals surface area (Å²) in [5, 5.41) is 0. The standard InChI is InChI=1S/C20H21F3N4O3/c1-11-7-12-8-13(21)14(22)9-15(12)27(11)17(28)10-16-24-19(18(23)20(29)25(16)2)26-3-5-30-6-4-26/h8-9,11H,3-7,10H2,1-2H3/t11-/m0/s1. The molecular weight excluding hydrogens is 401 g/mol. The van der Waals surface area contributed by atoms with E-state index in [0.717, 1.165) is 16.7 Å². The minimum absolute atomic E-state index is 0.0936. The molecule has 0 spiro atoms. The van der Waals surface area contributed by atoms with Crippen LogP contribution in [0.4, 0.5) is 24.7 Å². The van der Waals surface area contributed by atoms with Gasteiger partial charge in [0.05, 0.1) is 25.3 Å². The van der Waals surface area contributed by atoms with E-state index in [1.807, 2.05) is 0 Å². The fourth-order valence-corrected chi connectivity index (χ4v) is 3.96. The number of halogens is 3. The number of benzene rings is 1. The first kappa shape index (κ1) is 20.4. The molecule has 0 unspecified atom stereocenters. The van der Waals surface area contributed by atoms with Gasteiger partial charge in [-0.2, -0.15) is 4.39 Å². The highest BCUT2D eigenvalue weighted by Crippen LogP contribution is 2.34. The Kier molecular flexibility index (Phi) is 5.27. The van der Waals surface area contributed by atoms with Crippen molar-refractivity contribution in [3.63, 3.8) is 0 Å². The number of amides is 1. The van der Waals surface area contributed by atoms with Gasteiger partial charge >= 0.3 is 0 Å². The second kappa shape index (κ2) is 7.75. The Balaban J connectivity index is 1.66. The molecule has 1 fully saturated rings. The van der Waals surface area contributed by atoms with Gasteiger partial charge in [-0.05, 0) is 25.0 Å². The molecule has 2 aliphatic rings. The Morgan fingerprint density at radius 1 is 1.20 bits per heavy atom. The summed E-state index contributed by atoms with van der Waals surface area (Å²) >= 11 is 0. The van der Waals surface area contributed by atoms with Crippen LogP contribution in [-0.4, -0.2) is 47.8 Å². The van der Waals surface area contributed by atoms with E-state index in [-0.39, 0.29) is 24.1 Å². The van der Waals surface area contributed by atoms with E-state index in [2.05, 4.69) is 4.98 Å². The molecule has 2 aromatic rings. The van der Waals surface area contributed by atoms with Gasteiger partial charge in [-0.3, -0.25) is 14.2 Å². The second-order valence-corrected chi connectivity index (χ2v) is 7.52. The monoisotopic (exact) mass is 422 g/mol. The predicted octanol–water partition coefficient (Wildman–Crippen LogP) is 1.55. The van der Waals surface area contributed by atoms with Crippen molar-refractivity contribution < 1.29 is 22.7 Å². The first-order chi connectivity index (χ1) is 14.3. The van der Waals surface area contributed by atoms with E-state index in [1.54, 1.807) is 11.8 Å². The Morgan fingerprint density at radius 3 is 2.57 bits per heavy atom. The molecule has 10 heteroatoms. The zero-order chi connectivity index (χ0) is 21.6. The lowest BCUT2D eigenvalue weighted by Gasteiger charge is -2.28. The van der Waals surface area contributed by atoms with Gasteiger partial charge < -0.3 is 14.5 Å². The van der Waals surface area contributed by atoms with Gasteiger partial charge in [0.25, 0.3) is 5.56 Å². The zero-order valence-corrected chi connectivity index (χ0v) is 16.6. The van der Waals surface area contributed by atoms with Gasteiger partial charge in [0.15, 0.2) is 17.5 Å². The summed E-state index contributed by atoms with van der Waals surface area (Å²) in [6.45, 7) is 3.30. The van der Waals surface area contributed by atoms with Gasteiger partial charge in [0.1, 0.15) is 5.82 Å². The van der Waals surface area contributed by atoms with Crippen LogP contribution in [0.3, 0.4) is 0 Å². The van der Waals surface area contributed by atoms with Crippen molar-refractivity contribution in [3.8, 4) is 0 Å². The van der Waals surface area contributed by atoms with Crippen LogP contribution in [0.1, 0.15) is 18.3 Å². The van der Waals surface area contributed by atoms with E-state index in [9.17, 15) is 22.8 Å². The van der Waals surface area contributed by atoms with Crippen LogP contribution < -0.4 is 15.4 Å². The van der Waals surface area contributed by atoms with Crippen LogP contribution in [0, 0.1) is 17.5 Å². The summed E-state index contributed by atoms with van der Waals surface area (Å²) in [4.78, 5) is 32.7. The zero-order valence-electron chi connectivity index (χ0n) is 16.6. The minimum Gasteiger partial charge on any atom is -0.378 e. The quantitative estimate of drug-likeness (QED) is 0.751. The number of fused-ring (bicyclic) bond motifs is 1. The van der Waals surface area contributed by atoms with Gasteiger partial charge in [0, 0.05) is 32.2 Å². The third-order valence-electron chi connectivity index (χ3n) is 5.54. The highest BCUT2D eigenvalue weighted by atomic mass is 19.2. The Hall–Kier alpha value is -2.88. The molecular formula is C20H21F3N4O3. The summed E-state index contributed by atoms with van der Waals surface area (Å²) in [6.07, 6.45) is 0.0964. The number of anilines is 2. The topological polar surface area (TPSA) is 67.7 Å². The number of nitrogens with zero attached hydrogens (tertiary/aromatic N) is 4. The molecule has 0 radical (unpaired) electrons. The van der Waals surface area contributed by atoms with Crippen molar-refractivity contribution >= 4 is 17.4 Å². The summed E-state index contributed by atoms with van der Waals surface area (Å²) < 4.78 is 48.1. The number of ether oxygens (including phenoxy) is 1. The van der Waals surface area contributed by atoms with E-state index in [1.165, 1.54) is 11.9 Å². The normalized spacial score (nSPS) is 18.6. The Bertz CT molecular complexity index is 1070. The molecule has 160 valence electrons. The van der Waals surface area contributed by atoms with Crippen molar-refractivity contribution in [1.82, 2.24) is 9.55 Å². The molecule has 1 atom stereocenters. The second-order valence-electron chi connectivity index (χ2n) is 7.52. The molecule has 4 rings (SSSR count). The molecule has 7 nitrogen and oxygen atoms in total. The molecule has 1 saturated heterocycles. The van der Waals surface area contributed by atoms with Crippen molar-refractivity contribution in [2.75, 3.05) is 36.1 Å². The first-order valence-electron chi connectivity index (χ1n) is 9.66. The number of carbonyl (C=O) groups excluding carboxylic acids is 1. The molecule has 1 aromatic carbocycles. The van der Waals surface area contributed by atoms with Crippen LogP contribution in [0.2, 0.25) is 0 Å². The lowest BCUT2D eigenvalue weighted by Crippen LogP contribution is -2.41. The SMILES string of the molecule is C[C@H]1Cc2cc(F)c(F)cc2N1C(=O)Cc1nc(N2CCOCC2)c(F)c(=O)n1C. The van der Waals surface area contributed by atoms with Crippen LogP contribution in [0.15, 0.2) is 16.9 Å². The predicted molar refractivity (Wildman–Crippen MR) is 103 cm³/mol. The lowest BCUT2D eigenvalue weighted by atomic mass is 10.1. The van der Waals surface area contributed by atoms with E-state index in [0.29, 0.717) is 44.0 Å². The molecule has 2 aliphatic heterocycles. The van der Waals surface area contributed by atoms with Crippen molar-refractivity contribution in [3.05, 3.63) is 51.3 Å². The number of hydrogen-bond acceptors (Lipinski definition) is 5. The molecule has 30 heavy (non-hydrogen) atoms. The molecule has 3 heterocycles. The molecule has 0 bridgehead atoms. The maximum atomic E-state index is 14.6. The maximum absolute atomic E-state index is 14.6. The highest BCUT2D eigenvalue weighted by molar-refractivity contribution is 5.97. The third-order valence-corrected chi connectivity index (χ3v) is 5.54. The fourth-order valence-electron chi connectivity index (χ4n) is 3.96.